The number of rotatable bonds is 5. The fraction of sp³-hybridized carbons (Fsp3) is 0.381. The maximum atomic E-state index is 12.9. The molecule has 2 aromatic carbocycles. The number of hydrogen-bond acceptors (Lipinski definition) is 2. The summed E-state index contributed by atoms with van der Waals surface area (Å²) in [5.41, 5.74) is 2.00. The molecule has 3 rings (SSSR count). The highest BCUT2D eigenvalue weighted by Crippen LogP contribution is 2.37. The molecule has 0 amide bonds. The van der Waals surface area contributed by atoms with Crippen LogP contribution in [0.5, 0.6) is 0 Å². The van der Waals surface area contributed by atoms with Crippen LogP contribution in [0.3, 0.4) is 0 Å². The number of alkyl halides is 3. The molecule has 0 bridgehead atoms. The van der Waals surface area contributed by atoms with E-state index in [1.54, 1.807) is 0 Å². The summed E-state index contributed by atoms with van der Waals surface area (Å²) in [6.07, 6.45) is -2.22. The number of halogens is 3. The van der Waals surface area contributed by atoms with Crippen LogP contribution < -0.4 is 0 Å². The molecule has 0 radical (unpaired) electrons. The summed E-state index contributed by atoms with van der Waals surface area (Å²) in [6, 6.07) is 11.9. The van der Waals surface area contributed by atoms with Crippen molar-refractivity contribution >= 4 is 5.97 Å². The molecule has 1 aliphatic rings. The Balaban J connectivity index is 2.02. The quantitative estimate of drug-likeness (QED) is 0.805. The SMILES string of the molecule is CCc1ccc(C(c2ccc(C(F)(F)F)cc2)N2CCCC2C(=O)O)cc1. The first-order chi connectivity index (χ1) is 12.8. The van der Waals surface area contributed by atoms with Crippen LogP contribution in [0.15, 0.2) is 48.5 Å². The van der Waals surface area contributed by atoms with Crippen LogP contribution in [0.2, 0.25) is 0 Å². The van der Waals surface area contributed by atoms with Crippen LogP contribution in [0, 0.1) is 0 Å². The number of carbonyl (C=O) groups is 1. The van der Waals surface area contributed by atoms with Gasteiger partial charge in [0, 0.05) is 6.54 Å². The third-order valence-corrected chi connectivity index (χ3v) is 5.17. The maximum Gasteiger partial charge on any atom is 0.416 e. The number of likely N-dealkylation sites (tertiary alicyclic amines) is 1. The lowest BCUT2D eigenvalue weighted by atomic mass is 9.94. The summed E-state index contributed by atoms with van der Waals surface area (Å²) in [7, 11) is 0. The van der Waals surface area contributed by atoms with Gasteiger partial charge >= 0.3 is 12.1 Å². The summed E-state index contributed by atoms with van der Waals surface area (Å²) in [6.45, 7) is 2.64. The third kappa shape index (κ3) is 4.16. The minimum atomic E-state index is -4.39. The first-order valence-corrected chi connectivity index (χ1v) is 9.05. The summed E-state index contributed by atoms with van der Waals surface area (Å²) >= 11 is 0. The van der Waals surface area contributed by atoms with Gasteiger partial charge in [-0.15, -0.1) is 0 Å². The number of nitrogens with zero attached hydrogens (tertiary/aromatic N) is 1. The van der Waals surface area contributed by atoms with Gasteiger partial charge in [-0.1, -0.05) is 43.3 Å². The molecule has 0 aliphatic carbocycles. The second kappa shape index (κ2) is 7.72. The minimum absolute atomic E-state index is 0.387. The zero-order chi connectivity index (χ0) is 19.6. The second-order valence-corrected chi connectivity index (χ2v) is 6.85. The molecule has 1 saturated heterocycles. The predicted octanol–water partition coefficient (Wildman–Crippen LogP) is 4.91. The molecule has 27 heavy (non-hydrogen) atoms. The molecule has 1 fully saturated rings. The Hall–Kier alpha value is -2.34. The van der Waals surface area contributed by atoms with Crippen LogP contribution >= 0.6 is 0 Å². The van der Waals surface area contributed by atoms with Crippen molar-refractivity contribution in [3.8, 4) is 0 Å². The Morgan fingerprint density at radius 1 is 1.11 bits per heavy atom. The van der Waals surface area contributed by atoms with Crippen molar-refractivity contribution in [2.45, 2.75) is 44.4 Å². The molecular weight excluding hydrogens is 355 g/mol. The van der Waals surface area contributed by atoms with Gasteiger partial charge in [-0.2, -0.15) is 13.2 Å². The molecule has 0 saturated carbocycles. The lowest BCUT2D eigenvalue weighted by molar-refractivity contribution is -0.142. The Labute approximate surface area is 156 Å². The van der Waals surface area contributed by atoms with E-state index >= 15 is 0 Å². The van der Waals surface area contributed by atoms with Gasteiger partial charge in [-0.3, -0.25) is 9.69 Å². The first kappa shape index (κ1) is 19.4. The molecule has 6 heteroatoms. The Morgan fingerprint density at radius 3 is 2.15 bits per heavy atom. The van der Waals surface area contributed by atoms with Crippen LogP contribution in [-0.2, 0) is 17.4 Å². The van der Waals surface area contributed by atoms with Gasteiger partial charge in [0.15, 0.2) is 0 Å². The van der Waals surface area contributed by atoms with E-state index in [0.29, 0.717) is 18.5 Å². The molecule has 0 spiro atoms. The van der Waals surface area contributed by atoms with Crippen molar-refractivity contribution in [3.05, 3.63) is 70.8 Å². The second-order valence-electron chi connectivity index (χ2n) is 6.85. The molecule has 2 atom stereocenters. The van der Waals surface area contributed by atoms with Gasteiger partial charge < -0.3 is 5.11 Å². The molecule has 1 aliphatic heterocycles. The Morgan fingerprint density at radius 2 is 1.67 bits per heavy atom. The van der Waals surface area contributed by atoms with Gasteiger partial charge in [0.2, 0.25) is 0 Å². The molecule has 1 heterocycles. The molecule has 3 nitrogen and oxygen atoms in total. The van der Waals surface area contributed by atoms with E-state index in [-0.39, 0.29) is 6.04 Å². The number of benzene rings is 2. The van der Waals surface area contributed by atoms with E-state index in [1.807, 2.05) is 36.1 Å². The van der Waals surface area contributed by atoms with Crippen molar-refractivity contribution in [1.29, 1.82) is 0 Å². The lowest BCUT2D eigenvalue weighted by Crippen LogP contribution is -2.39. The van der Waals surface area contributed by atoms with Crippen molar-refractivity contribution in [3.63, 3.8) is 0 Å². The normalized spacial score (nSPS) is 19.2. The molecule has 144 valence electrons. The summed E-state index contributed by atoms with van der Waals surface area (Å²) < 4.78 is 38.7. The van der Waals surface area contributed by atoms with E-state index in [4.69, 9.17) is 0 Å². The zero-order valence-corrected chi connectivity index (χ0v) is 15.0. The van der Waals surface area contributed by atoms with Gasteiger partial charge in [0.1, 0.15) is 6.04 Å². The van der Waals surface area contributed by atoms with Crippen molar-refractivity contribution < 1.29 is 23.1 Å². The summed E-state index contributed by atoms with van der Waals surface area (Å²) in [5.74, 6) is -0.894. The largest absolute Gasteiger partial charge is 0.480 e. The number of carboxylic acid groups (broad SMARTS) is 1. The Bertz CT molecular complexity index is 785. The fourth-order valence-electron chi connectivity index (χ4n) is 3.73. The van der Waals surface area contributed by atoms with Crippen LogP contribution in [0.1, 0.15) is 48.1 Å². The van der Waals surface area contributed by atoms with Crippen LogP contribution in [0.25, 0.3) is 0 Å². The van der Waals surface area contributed by atoms with Crippen molar-refractivity contribution in [2.24, 2.45) is 0 Å². The van der Waals surface area contributed by atoms with E-state index < -0.39 is 23.8 Å². The highest BCUT2D eigenvalue weighted by atomic mass is 19.4. The topological polar surface area (TPSA) is 40.5 Å². The molecular formula is C21H22F3NO2. The van der Waals surface area contributed by atoms with Crippen LogP contribution in [-0.4, -0.2) is 28.6 Å². The molecule has 2 unspecified atom stereocenters. The number of hydrogen-bond donors (Lipinski definition) is 1. The Kier molecular flexibility index (Phi) is 5.56. The van der Waals surface area contributed by atoms with Gasteiger partial charge in [0.05, 0.1) is 11.6 Å². The van der Waals surface area contributed by atoms with Gasteiger partial charge in [-0.05, 0) is 48.1 Å². The lowest BCUT2D eigenvalue weighted by Gasteiger charge is -2.32. The van der Waals surface area contributed by atoms with Crippen molar-refractivity contribution in [1.82, 2.24) is 4.90 Å². The smallest absolute Gasteiger partial charge is 0.416 e. The van der Waals surface area contributed by atoms with Gasteiger partial charge in [-0.25, -0.2) is 0 Å². The first-order valence-electron chi connectivity index (χ1n) is 9.05. The fourth-order valence-corrected chi connectivity index (χ4v) is 3.73. The zero-order valence-electron chi connectivity index (χ0n) is 15.0. The molecule has 0 aromatic heterocycles. The minimum Gasteiger partial charge on any atom is -0.480 e. The predicted molar refractivity (Wildman–Crippen MR) is 96.5 cm³/mol. The average Bonchev–Trinajstić information content (AvgIpc) is 3.12. The number of aliphatic carboxylic acids is 1. The maximum absolute atomic E-state index is 12.9. The van der Waals surface area contributed by atoms with Crippen LogP contribution in [0.4, 0.5) is 13.2 Å². The third-order valence-electron chi connectivity index (χ3n) is 5.17. The molecule has 1 N–H and O–H groups in total. The van der Waals surface area contributed by atoms with E-state index in [9.17, 15) is 23.1 Å². The summed E-state index contributed by atoms with van der Waals surface area (Å²) in [4.78, 5) is 13.6. The van der Waals surface area contributed by atoms with Gasteiger partial charge in [0.25, 0.3) is 0 Å². The standard InChI is InChI=1S/C21H22F3NO2/c1-2-14-5-7-15(8-6-14)19(25-13-3-4-18(25)20(26)27)16-9-11-17(12-10-16)21(22,23)24/h5-12,18-19H,2-4,13H2,1H3,(H,26,27). The average molecular weight is 377 g/mol. The number of aryl methyl sites for hydroxylation is 1. The van der Waals surface area contributed by atoms with Crippen molar-refractivity contribution in [2.75, 3.05) is 6.54 Å². The van der Waals surface area contributed by atoms with E-state index in [0.717, 1.165) is 36.1 Å². The molecule has 2 aromatic rings. The number of carboxylic acids is 1. The monoisotopic (exact) mass is 377 g/mol. The van der Waals surface area contributed by atoms with E-state index in [1.165, 1.54) is 12.1 Å². The highest BCUT2D eigenvalue weighted by molar-refractivity contribution is 5.74. The highest BCUT2D eigenvalue weighted by Gasteiger charge is 2.37. The van der Waals surface area contributed by atoms with E-state index in [2.05, 4.69) is 0 Å². The summed E-state index contributed by atoms with van der Waals surface area (Å²) in [5, 5.41) is 9.57.